The Balaban J connectivity index is 1.73. The fraction of sp³-hybridized carbons (Fsp3) is 0.520. The predicted molar refractivity (Wildman–Crippen MR) is 131 cm³/mol. The summed E-state index contributed by atoms with van der Waals surface area (Å²) in [5.74, 6) is -2.50. The smallest absolute Gasteiger partial charge is 0.334 e. The Kier molecular flexibility index (Phi) is 9.98. The maximum absolute atomic E-state index is 13.2. The molecule has 2 atom stereocenters. The van der Waals surface area contributed by atoms with Crippen LogP contribution in [0.3, 0.4) is 0 Å². The highest BCUT2D eigenvalue weighted by Crippen LogP contribution is 2.27. The first-order valence-electron chi connectivity index (χ1n) is 12.3. The predicted octanol–water partition coefficient (Wildman–Crippen LogP) is 1.41. The van der Waals surface area contributed by atoms with Crippen molar-refractivity contribution in [1.29, 1.82) is 0 Å². The van der Waals surface area contributed by atoms with E-state index in [1.807, 2.05) is 6.08 Å². The van der Waals surface area contributed by atoms with Crippen LogP contribution in [0.2, 0.25) is 0 Å². The highest BCUT2D eigenvalue weighted by Gasteiger charge is 2.51. The minimum Gasteiger partial charge on any atom is -0.481 e. The maximum atomic E-state index is 13.2. The van der Waals surface area contributed by atoms with Crippen LogP contribution in [0.1, 0.15) is 31.2 Å². The van der Waals surface area contributed by atoms with Gasteiger partial charge in [0, 0.05) is 33.4 Å². The molecule has 12 heteroatoms. The number of benzene rings is 1. The number of carboxylic acid groups (broad SMARTS) is 1. The van der Waals surface area contributed by atoms with E-state index in [0.717, 1.165) is 12.8 Å². The normalized spacial score (nSPS) is 20.1. The number of hydrogen-bond donors (Lipinski definition) is 2. The molecule has 0 saturated carbocycles. The molecule has 2 N–H and O–H groups in total. The Bertz CT molecular complexity index is 990. The van der Waals surface area contributed by atoms with Gasteiger partial charge in [0.2, 0.25) is 11.8 Å². The number of fused-ring (bicyclic) bond motifs is 1. The van der Waals surface area contributed by atoms with Gasteiger partial charge in [0.1, 0.15) is 18.0 Å². The molecule has 4 amide bonds. The molecule has 0 aliphatic carbocycles. The SMILES string of the molecule is C=CCCCOCCCN1C[C@H]2N(C(=O)CN(C)N2C(=O)NCc2ccc(F)cc2)[C@@H](CC(=O)O)C1=O. The zero-order valence-electron chi connectivity index (χ0n) is 21.0. The summed E-state index contributed by atoms with van der Waals surface area (Å²) in [6.07, 6.45) is 2.58. The van der Waals surface area contributed by atoms with E-state index in [9.17, 15) is 28.7 Å². The number of urea groups is 1. The summed E-state index contributed by atoms with van der Waals surface area (Å²) in [4.78, 5) is 53.7. The molecule has 0 unspecified atom stereocenters. The number of hydrazine groups is 1. The summed E-state index contributed by atoms with van der Waals surface area (Å²) < 4.78 is 18.8. The van der Waals surface area contributed by atoms with Crippen LogP contribution in [0, 0.1) is 5.82 Å². The van der Waals surface area contributed by atoms with Crippen LogP contribution in [0.15, 0.2) is 36.9 Å². The molecule has 2 fully saturated rings. The van der Waals surface area contributed by atoms with Crippen LogP contribution in [0.25, 0.3) is 0 Å². The van der Waals surface area contributed by atoms with Crippen molar-refractivity contribution in [3.8, 4) is 0 Å². The Morgan fingerprint density at radius 1 is 1.22 bits per heavy atom. The fourth-order valence-electron chi connectivity index (χ4n) is 4.52. The highest BCUT2D eigenvalue weighted by atomic mass is 19.1. The van der Waals surface area contributed by atoms with Gasteiger partial charge in [-0.15, -0.1) is 6.58 Å². The molecule has 0 aromatic heterocycles. The lowest BCUT2D eigenvalue weighted by molar-refractivity contribution is -0.188. The monoisotopic (exact) mass is 519 g/mol. The van der Waals surface area contributed by atoms with Crippen molar-refractivity contribution in [2.75, 3.05) is 39.9 Å². The molecular weight excluding hydrogens is 485 g/mol. The summed E-state index contributed by atoms with van der Waals surface area (Å²) in [5, 5.41) is 15.0. The highest BCUT2D eigenvalue weighted by molar-refractivity contribution is 5.93. The Morgan fingerprint density at radius 2 is 1.92 bits per heavy atom. The molecule has 0 spiro atoms. The number of piperazine rings is 1. The van der Waals surface area contributed by atoms with Crippen molar-refractivity contribution in [2.24, 2.45) is 0 Å². The number of likely N-dealkylation sites (N-methyl/N-ethyl adjacent to an activating group) is 1. The van der Waals surface area contributed by atoms with Gasteiger partial charge in [0.05, 0.1) is 19.5 Å². The molecule has 1 aromatic rings. The maximum Gasteiger partial charge on any atom is 0.334 e. The van der Waals surface area contributed by atoms with Gasteiger partial charge in [-0.3, -0.25) is 14.4 Å². The third-order valence-corrected chi connectivity index (χ3v) is 6.29. The molecular formula is C25H34FN5O6. The molecule has 1 aromatic carbocycles. The number of allylic oxidation sites excluding steroid dienone is 1. The standard InChI is InChI=1S/C25H34FN5O6/c1-3-4-5-12-37-13-6-11-29-16-21-30(20(24(29)35)14-23(33)34)22(32)17-28(2)31(21)25(36)27-15-18-7-9-19(26)10-8-18/h3,7-10,20-21H,1,4-6,11-17H2,2H3,(H,27,36)(H,33,34)/t20-,21-/m0/s1. The Morgan fingerprint density at radius 3 is 2.59 bits per heavy atom. The lowest BCUT2D eigenvalue weighted by Crippen LogP contribution is -2.76. The van der Waals surface area contributed by atoms with Gasteiger partial charge in [0.25, 0.3) is 0 Å². The number of halogens is 1. The number of ether oxygens (including phenoxy) is 1. The van der Waals surface area contributed by atoms with E-state index in [0.29, 0.717) is 31.7 Å². The Labute approximate surface area is 215 Å². The van der Waals surface area contributed by atoms with E-state index in [1.165, 1.54) is 32.0 Å². The number of nitrogens with zero attached hydrogens (tertiary/aromatic N) is 4. The van der Waals surface area contributed by atoms with Gasteiger partial charge in [-0.05, 0) is 37.0 Å². The van der Waals surface area contributed by atoms with E-state index >= 15 is 0 Å². The summed E-state index contributed by atoms with van der Waals surface area (Å²) in [6, 6.07) is 3.93. The zero-order chi connectivity index (χ0) is 26.9. The molecule has 2 heterocycles. The zero-order valence-corrected chi connectivity index (χ0v) is 21.0. The lowest BCUT2D eigenvalue weighted by Gasteiger charge is -2.54. The van der Waals surface area contributed by atoms with Crippen molar-refractivity contribution < 1.29 is 33.4 Å². The number of rotatable bonds is 12. The number of aliphatic carboxylic acids is 1. The molecule has 202 valence electrons. The Hall–Kier alpha value is -3.51. The number of unbranched alkanes of at least 4 members (excludes halogenated alkanes) is 1. The fourth-order valence-corrected chi connectivity index (χ4v) is 4.52. The number of hydrogen-bond acceptors (Lipinski definition) is 6. The van der Waals surface area contributed by atoms with Crippen LogP contribution in [0.4, 0.5) is 9.18 Å². The third kappa shape index (κ3) is 7.26. The van der Waals surface area contributed by atoms with Crippen molar-refractivity contribution in [3.05, 3.63) is 48.3 Å². The van der Waals surface area contributed by atoms with Crippen LogP contribution in [-0.2, 0) is 25.7 Å². The molecule has 2 aliphatic heterocycles. The van der Waals surface area contributed by atoms with E-state index in [-0.39, 0.29) is 19.6 Å². The second-order valence-electron chi connectivity index (χ2n) is 9.02. The minimum absolute atomic E-state index is 0.0332. The van der Waals surface area contributed by atoms with E-state index in [1.54, 1.807) is 19.2 Å². The molecule has 11 nitrogen and oxygen atoms in total. The first-order chi connectivity index (χ1) is 17.7. The molecule has 2 saturated heterocycles. The van der Waals surface area contributed by atoms with Gasteiger partial charge < -0.3 is 25.0 Å². The average Bonchev–Trinajstić information content (AvgIpc) is 2.85. The third-order valence-electron chi connectivity index (χ3n) is 6.29. The second kappa shape index (κ2) is 13.2. The second-order valence-corrected chi connectivity index (χ2v) is 9.02. The van der Waals surface area contributed by atoms with Gasteiger partial charge >= 0.3 is 12.0 Å². The topological polar surface area (TPSA) is 123 Å². The summed E-state index contributed by atoms with van der Waals surface area (Å²) in [7, 11) is 1.58. The minimum atomic E-state index is -1.22. The summed E-state index contributed by atoms with van der Waals surface area (Å²) in [5.41, 5.74) is 0.680. The quantitative estimate of drug-likeness (QED) is 0.316. The molecule has 37 heavy (non-hydrogen) atoms. The first kappa shape index (κ1) is 28.1. The van der Waals surface area contributed by atoms with Crippen LogP contribution in [-0.4, -0.2) is 101 Å². The number of amides is 4. The van der Waals surface area contributed by atoms with Crippen LogP contribution < -0.4 is 5.32 Å². The largest absolute Gasteiger partial charge is 0.481 e. The van der Waals surface area contributed by atoms with Gasteiger partial charge in [0.15, 0.2) is 0 Å². The van der Waals surface area contributed by atoms with Crippen LogP contribution >= 0.6 is 0 Å². The van der Waals surface area contributed by atoms with Gasteiger partial charge in [-0.1, -0.05) is 18.2 Å². The van der Waals surface area contributed by atoms with Crippen LogP contribution in [0.5, 0.6) is 0 Å². The van der Waals surface area contributed by atoms with Gasteiger partial charge in [-0.2, -0.15) is 0 Å². The van der Waals surface area contributed by atoms with Crippen molar-refractivity contribution in [3.63, 3.8) is 0 Å². The molecule has 0 radical (unpaired) electrons. The molecule has 3 rings (SSSR count). The lowest BCUT2D eigenvalue weighted by atomic mass is 10.0. The van der Waals surface area contributed by atoms with E-state index in [4.69, 9.17) is 4.74 Å². The average molecular weight is 520 g/mol. The first-order valence-corrected chi connectivity index (χ1v) is 12.3. The number of carbonyl (C=O) groups is 4. The molecule has 0 bridgehead atoms. The van der Waals surface area contributed by atoms with Gasteiger partial charge in [-0.25, -0.2) is 19.2 Å². The van der Waals surface area contributed by atoms with Crippen molar-refractivity contribution in [1.82, 2.24) is 25.1 Å². The number of nitrogens with one attached hydrogen (secondary N) is 1. The van der Waals surface area contributed by atoms with E-state index < -0.39 is 48.3 Å². The summed E-state index contributed by atoms with van der Waals surface area (Å²) >= 11 is 0. The summed E-state index contributed by atoms with van der Waals surface area (Å²) in [6.45, 7) is 4.91. The molecule has 2 aliphatic rings. The number of carbonyl (C=O) groups excluding carboxylic acids is 3. The number of carboxylic acids is 1. The van der Waals surface area contributed by atoms with Crippen molar-refractivity contribution in [2.45, 2.75) is 44.4 Å². The van der Waals surface area contributed by atoms with E-state index in [2.05, 4.69) is 11.9 Å². The van der Waals surface area contributed by atoms with Crippen molar-refractivity contribution >= 4 is 23.8 Å².